The molecular formula is C19H31IN4O. The maximum Gasteiger partial charge on any atom is 0.191 e. The van der Waals surface area contributed by atoms with Crippen LogP contribution in [0.25, 0.3) is 0 Å². The molecule has 0 spiro atoms. The molecule has 0 aliphatic carbocycles. The van der Waals surface area contributed by atoms with Crippen LogP contribution in [0.2, 0.25) is 0 Å². The molecule has 0 aromatic heterocycles. The lowest BCUT2D eigenvalue weighted by Gasteiger charge is -2.41. The molecule has 1 aliphatic rings. The predicted molar refractivity (Wildman–Crippen MR) is 116 cm³/mol. The van der Waals surface area contributed by atoms with Crippen molar-refractivity contribution in [3.8, 4) is 0 Å². The van der Waals surface area contributed by atoms with Crippen molar-refractivity contribution in [3.63, 3.8) is 0 Å². The molecule has 1 aromatic rings. The van der Waals surface area contributed by atoms with Gasteiger partial charge in [0.15, 0.2) is 5.96 Å². The zero-order valence-electron chi connectivity index (χ0n) is 15.3. The zero-order chi connectivity index (χ0) is 17.3. The molecule has 3 N–H and O–H groups in total. The normalized spacial score (nSPS) is 17.9. The molecule has 1 aliphatic heterocycles. The summed E-state index contributed by atoms with van der Waals surface area (Å²) in [6.07, 6.45) is 3.79. The number of benzene rings is 1. The summed E-state index contributed by atoms with van der Waals surface area (Å²) in [5.41, 5.74) is 1.30. The summed E-state index contributed by atoms with van der Waals surface area (Å²) in [6.45, 7) is 9.03. The molecule has 5 nitrogen and oxygen atoms in total. The van der Waals surface area contributed by atoms with Crippen molar-refractivity contribution in [3.05, 3.63) is 48.6 Å². The molecule has 0 bridgehead atoms. The van der Waals surface area contributed by atoms with E-state index in [9.17, 15) is 0 Å². The number of rotatable bonds is 7. The maximum atomic E-state index is 5.58. The number of nitrogens with one attached hydrogen (secondary N) is 3. The van der Waals surface area contributed by atoms with E-state index in [2.05, 4.69) is 64.8 Å². The Morgan fingerprint density at radius 2 is 1.96 bits per heavy atom. The Morgan fingerprint density at radius 1 is 1.28 bits per heavy atom. The van der Waals surface area contributed by atoms with Gasteiger partial charge in [0.25, 0.3) is 0 Å². The van der Waals surface area contributed by atoms with Gasteiger partial charge in [0.1, 0.15) is 0 Å². The second kappa shape index (κ2) is 11.5. The number of hydrogen-bond donors (Lipinski definition) is 3. The fourth-order valence-corrected chi connectivity index (χ4v) is 3.06. The van der Waals surface area contributed by atoms with E-state index in [1.807, 2.05) is 6.08 Å². The number of halogens is 1. The van der Waals surface area contributed by atoms with Crippen LogP contribution in [0.5, 0.6) is 0 Å². The maximum absolute atomic E-state index is 5.58. The average Bonchev–Trinajstić information content (AvgIpc) is 2.63. The topological polar surface area (TPSA) is 57.7 Å². The van der Waals surface area contributed by atoms with Crippen LogP contribution in [0.15, 0.2) is 48.0 Å². The third-order valence-corrected chi connectivity index (χ3v) is 4.50. The third kappa shape index (κ3) is 6.95. The summed E-state index contributed by atoms with van der Waals surface area (Å²) in [5, 5.41) is 10.5. The molecule has 25 heavy (non-hydrogen) atoms. The average molecular weight is 458 g/mol. The van der Waals surface area contributed by atoms with Gasteiger partial charge >= 0.3 is 0 Å². The van der Waals surface area contributed by atoms with Gasteiger partial charge in [0.2, 0.25) is 0 Å². The Balaban J connectivity index is 0.00000312. The molecule has 1 aromatic carbocycles. The first-order chi connectivity index (χ1) is 11.7. The van der Waals surface area contributed by atoms with Crippen LogP contribution < -0.4 is 16.0 Å². The van der Waals surface area contributed by atoms with Crippen LogP contribution in [-0.2, 0) is 4.74 Å². The Labute approximate surface area is 168 Å². The highest BCUT2D eigenvalue weighted by molar-refractivity contribution is 14.0. The van der Waals surface area contributed by atoms with Crippen molar-refractivity contribution in [1.29, 1.82) is 0 Å². The first-order valence-corrected chi connectivity index (χ1v) is 8.65. The molecule has 0 amide bonds. The third-order valence-electron chi connectivity index (χ3n) is 4.50. The predicted octanol–water partition coefficient (Wildman–Crippen LogP) is 2.86. The number of hydrogen-bond acceptors (Lipinski definition) is 3. The summed E-state index contributed by atoms with van der Waals surface area (Å²) < 4.78 is 5.58. The molecule has 0 saturated carbocycles. The van der Waals surface area contributed by atoms with Crippen LogP contribution in [0.3, 0.4) is 0 Å². The molecular weight excluding hydrogens is 427 g/mol. The van der Waals surface area contributed by atoms with Gasteiger partial charge in [-0.15, -0.1) is 30.6 Å². The lowest BCUT2D eigenvalue weighted by molar-refractivity contribution is 0.0355. The minimum atomic E-state index is -0.000687. The van der Waals surface area contributed by atoms with Gasteiger partial charge in [-0.3, -0.25) is 4.99 Å². The highest BCUT2D eigenvalue weighted by atomic mass is 127. The molecule has 1 atom stereocenters. The Hall–Kier alpha value is -1.12. The smallest absolute Gasteiger partial charge is 0.191 e. The van der Waals surface area contributed by atoms with Gasteiger partial charge in [-0.2, -0.15) is 0 Å². The number of ether oxygens (including phenoxy) is 1. The minimum absolute atomic E-state index is 0. The second-order valence-corrected chi connectivity index (χ2v) is 6.26. The van der Waals surface area contributed by atoms with E-state index < -0.39 is 0 Å². The lowest BCUT2D eigenvalue weighted by atomic mass is 9.88. The molecule has 1 unspecified atom stereocenters. The molecule has 2 rings (SSSR count). The Bertz CT molecular complexity index is 529. The van der Waals surface area contributed by atoms with Crippen molar-refractivity contribution in [2.75, 3.05) is 33.4 Å². The van der Waals surface area contributed by atoms with E-state index >= 15 is 0 Å². The van der Waals surface area contributed by atoms with Crippen LogP contribution in [0.1, 0.15) is 31.4 Å². The van der Waals surface area contributed by atoms with Gasteiger partial charge in [0, 0.05) is 44.9 Å². The molecule has 140 valence electrons. The largest absolute Gasteiger partial charge is 0.381 e. The van der Waals surface area contributed by atoms with Crippen molar-refractivity contribution in [1.82, 2.24) is 16.0 Å². The van der Waals surface area contributed by atoms with Crippen LogP contribution in [-0.4, -0.2) is 44.8 Å². The van der Waals surface area contributed by atoms with Gasteiger partial charge in [-0.1, -0.05) is 36.4 Å². The van der Waals surface area contributed by atoms with Crippen molar-refractivity contribution >= 4 is 29.9 Å². The summed E-state index contributed by atoms with van der Waals surface area (Å²) >= 11 is 0. The fourth-order valence-electron chi connectivity index (χ4n) is 3.06. The summed E-state index contributed by atoms with van der Waals surface area (Å²) in [7, 11) is 1.79. The van der Waals surface area contributed by atoms with Crippen LogP contribution in [0.4, 0.5) is 0 Å². The van der Waals surface area contributed by atoms with Crippen LogP contribution >= 0.6 is 24.0 Å². The van der Waals surface area contributed by atoms with Crippen molar-refractivity contribution in [2.45, 2.75) is 31.3 Å². The van der Waals surface area contributed by atoms with E-state index in [0.717, 1.165) is 38.6 Å². The standard InChI is InChI=1S/C19H30N4O.HI/c1-4-12-21-18(20-3)22-15-19(10-13-24-14-11-19)23-16(2)17-8-6-5-7-9-17;/h4-9,16,23H,1,10-15H2,2-3H3,(H2,20,21,22);1H. The molecule has 0 radical (unpaired) electrons. The van der Waals surface area contributed by atoms with E-state index in [1.54, 1.807) is 7.05 Å². The fraction of sp³-hybridized carbons (Fsp3) is 0.526. The summed E-state index contributed by atoms with van der Waals surface area (Å²) in [4.78, 5) is 4.27. The lowest BCUT2D eigenvalue weighted by Crippen LogP contribution is -2.58. The molecule has 1 fully saturated rings. The van der Waals surface area contributed by atoms with Gasteiger partial charge in [-0.05, 0) is 25.3 Å². The van der Waals surface area contributed by atoms with E-state index in [1.165, 1.54) is 5.56 Å². The van der Waals surface area contributed by atoms with E-state index in [4.69, 9.17) is 4.74 Å². The second-order valence-electron chi connectivity index (χ2n) is 6.26. The van der Waals surface area contributed by atoms with E-state index in [0.29, 0.717) is 6.54 Å². The monoisotopic (exact) mass is 458 g/mol. The SMILES string of the molecule is C=CCNC(=NC)NCC1(NC(C)c2ccccc2)CCOCC1.I. The van der Waals surface area contributed by atoms with Crippen LogP contribution in [0, 0.1) is 0 Å². The number of aliphatic imine (C=N–C) groups is 1. The van der Waals surface area contributed by atoms with E-state index in [-0.39, 0.29) is 35.6 Å². The van der Waals surface area contributed by atoms with Gasteiger partial charge in [-0.25, -0.2) is 0 Å². The quantitative estimate of drug-likeness (QED) is 0.255. The molecule has 6 heteroatoms. The molecule has 1 saturated heterocycles. The Kier molecular flexibility index (Phi) is 10.1. The van der Waals surface area contributed by atoms with Crippen molar-refractivity contribution in [2.24, 2.45) is 4.99 Å². The highest BCUT2D eigenvalue weighted by Crippen LogP contribution is 2.24. The van der Waals surface area contributed by atoms with Crippen molar-refractivity contribution < 1.29 is 4.74 Å². The van der Waals surface area contributed by atoms with Gasteiger partial charge < -0.3 is 20.7 Å². The van der Waals surface area contributed by atoms with Gasteiger partial charge in [0.05, 0.1) is 0 Å². The number of nitrogens with zero attached hydrogens (tertiary/aromatic N) is 1. The Morgan fingerprint density at radius 3 is 2.56 bits per heavy atom. The minimum Gasteiger partial charge on any atom is -0.381 e. The highest BCUT2D eigenvalue weighted by Gasteiger charge is 2.34. The summed E-state index contributed by atoms with van der Waals surface area (Å²) in [5.74, 6) is 0.801. The summed E-state index contributed by atoms with van der Waals surface area (Å²) in [6, 6.07) is 10.9. The first-order valence-electron chi connectivity index (χ1n) is 8.65. The zero-order valence-corrected chi connectivity index (χ0v) is 17.6. The first kappa shape index (κ1) is 21.9. The molecule has 1 heterocycles. The number of guanidine groups is 1.